The van der Waals surface area contributed by atoms with Crippen LogP contribution in [0.3, 0.4) is 0 Å². The van der Waals surface area contributed by atoms with Crippen LogP contribution in [-0.4, -0.2) is 46.1 Å². The predicted molar refractivity (Wildman–Crippen MR) is 126 cm³/mol. The third-order valence-electron chi connectivity index (χ3n) is 5.92. The Balaban J connectivity index is 1.32. The van der Waals surface area contributed by atoms with Crippen molar-refractivity contribution in [3.05, 3.63) is 59.7 Å². The Bertz CT molecular complexity index is 1090. The van der Waals surface area contributed by atoms with Gasteiger partial charge in [0.1, 0.15) is 5.75 Å². The van der Waals surface area contributed by atoms with Crippen molar-refractivity contribution in [2.75, 3.05) is 30.3 Å². The van der Waals surface area contributed by atoms with Crippen LogP contribution in [0, 0.1) is 6.92 Å². The number of thioether (sulfide) groups is 1. The van der Waals surface area contributed by atoms with Crippen LogP contribution in [0.25, 0.3) is 5.69 Å². The zero-order chi connectivity index (χ0) is 21.9. The van der Waals surface area contributed by atoms with Gasteiger partial charge in [-0.25, -0.2) is 0 Å². The molecule has 0 aliphatic carbocycles. The van der Waals surface area contributed by atoms with Crippen LogP contribution in [0.5, 0.6) is 5.75 Å². The summed E-state index contributed by atoms with van der Waals surface area (Å²) in [5.41, 5.74) is 3.26. The minimum atomic E-state index is -0.0248. The number of rotatable bonds is 6. The summed E-state index contributed by atoms with van der Waals surface area (Å²) in [6.45, 7) is 4.65. The number of para-hydroxylation sites is 1. The maximum absolute atomic E-state index is 12.8. The molecule has 2 aliphatic heterocycles. The normalized spacial score (nSPS) is 17.7. The molecule has 1 fully saturated rings. The lowest BCUT2D eigenvalue weighted by Crippen LogP contribution is -2.33. The topological polar surface area (TPSA) is 72.3 Å². The Morgan fingerprint density at radius 2 is 1.91 bits per heavy atom. The molecule has 8 heteroatoms. The summed E-state index contributed by atoms with van der Waals surface area (Å²) in [4.78, 5) is 15.1. The van der Waals surface area contributed by atoms with Gasteiger partial charge in [0.05, 0.1) is 24.1 Å². The fraction of sp³-hybridized carbons (Fsp3) is 0.375. The Labute approximate surface area is 192 Å². The number of hydrogen-bond acceptors (Lipinski definition) is 6. The van der Waals surface area contributed by atoms with Crippen molar-refractivity contribution in [1.82, 2.24) is 20.1 Å². The van der Waals surface area contributed by atoms with Gasteiger partial charge in [0.25, 0.3) is 0 Å². The first-order chi connectivity index (χ1) is 15.7. The lowest BCUT2D eigenvalue weighted by atomic mass is 10.0. The Hall–Kier alpha value is -3.00. The number of hydrogen-bond donors (Lipinski definition) is 1. The van der Waals surface area contributed by atoms with Crippen LogP contribution in [0.2, 0.25) is 0 Å². The lowest BCUT2D eigenvalue weighted by Gasteiger charge is -2.26. The molecule has 7 nitrogen and oxygen atoms in total. The number of carbonyl (C=O) groups excluding carboxylic acids is 1. The van der Waals surface area contributed by atoms with Gasteiger partial charge < -0.3 is 15.0 Å². The molecular weight excluding hydrogens is 422 g/mol. The van der Waals surface area contributed by atoms with E-state index in [1.807, 2.05) is 24.3 Å². The monoisotopic (exact) mass is 449 g/mol. The zero-order valence-corrected chi connectivity index (χ0v) is 19.0. The van der Waals surface area contributed by atoms with Crippen molar-refractivity contribution in [2.24, 2.45) is 0 Å². The highest BCUT2D eigenvalue weighted by molar-refractivity contribution is 7.99. The molecule has 1 atom stereocenters. The SMILES string of the molecule is Cc1ccc(-n2c(SCC(=O)NC3CCOc4ccccc43)nnc2N2CCCC2)cc1. The molecule has 3 aromatic rings. The molecule has 32 heavy (non-hydrogen) atoms. The van der Waals surface area contributed by atoms with E-state index < -0.39 is 0 Å². The van der Waals surface area contributed by atoms with Gasteiger partial charge in [0, 0.05) is 25.1 Å². The standard InChI is InChI=1S/C24H27N5O2S/c1-17-8-10-18(11-9-17)29-23(28-13-4-5-14-28)26-27-24(29)32-16-22(30)25-20-12-15-31-21-7-3-2-6-19(20)21/h2-3,6-11,20H,4-5,12-16H2,1H3,(H,25,30). The predicted octanol–water partition coefficient (Wildman–Crippen LogP) is 3.91. The summed E-state index contributed by atoms with van der Waals surface area (Å²) in [5.74, 6) is 1.97. The molecule has 3 heterocycles. The van der Waals surface area contributed by atoms with Gasteiger partial charge in [-0.05, 0) is 38.0 Å². The lowest BCUT2D eigenvalue weighted by molar-refractivity contribution is -0.119. The molecule has 0 bridgehead atoms. The molecular formula is C24H27N5O2S. The van der Waals surface area contributed by atoms with Crippen LogP contribution in [0.4, 0.5) is 5.95 Å². The molecule has 1 aromatic heterocycles. The smallest absolute Gasteiger partial charge is 0.232 e. The van der Waals surface area contributed by atoms with E-state index in [1.54, 1.807) is 0 Å². The fourth-order valence-corrected chi connectivity index (χ4v) is 5.01. The first-order valence-corrected chi connectivity index (χ1v) is 12.1. The van der Waals surface area contributed by atoms with E-state index in [4.69, 9.17) is 4.74 Å². The van der Waals surface area contributed by atoms with Crippen LogP contribution < -0.4 is 15.0 Å². The Kier molecular flexibility index (Phi) is 6.03. The molecule has 1 unspecified atom stereocenters. The number of carbonyl (C=O) groups is 1. The highest BCUT2D eigenvalue weighted by atomic mass is 32.2. The van der Waals surface area contributed by atoms with Gasteiger partial charge in [-0.3, -0.25) is 9.36 Å². The number of anilines is 1. The summed E-state index contributed by atoms with van der Waals surface area (Å²) in [6, 6.07) is 16.2. The molecule has 2 aliphatic rings. The number of nitrogens with one attached hydrogen (secondary N) is 1. The molecule has 0 spiro atoms. The highest BCUT2D eigenvalue weighted by Gasteiger charge is 2.25. The first-order valence-electron chi connectivity index (χ1n) is 11.1. The molecule has 1 amide bonds. The van der Waals surface area contributed by atoms with E-state index in [-0.39, 0.29) is 17.7 Å². The van der Waals surface area contributed by atoms with Gasteiger partial charge in [0.2, 0.25) is 11.9 Å². The fourth-order valence-electron chi connectivity index (χ4n) is 4.26. The molecule has 0 saturated carbocycles. The third kappa shape index (κ3) is 4.32. The van der Waals surface area contributed by atoms with Gasteiger partial charge in [-0.15, -0.1) is 10.2 Å². The number of nitrogens with zero attached hydrogens (tertiary/aromatic N) is 4. The van der Waals surface area contributed by atoms with E-state index >= 15 is 0 Å². The highest BCUT2D eigenvalue weighted by Crippen LogP contribution is 2.32. The first kappa shape index (κ1) is 20.9. The molecule has 0 radical (unpaired) electrons. The average Bonchev–Trinajstić information content (AvgIpc) is 3.48. The largest absolute Gasteiger partial charge is 0.493 e. The van der Waals surface area contributed by atoms with Gasteiger partial charge >= 0.3 is 0 Å². The van der Waals surface area contributed by atoms with Gasteiger partial charge in [-0.1, -0.05) is 47.7 Å². The molecule has 2 aromatic carbocycles. The average molecular weight is 450 g/mol. The van der Waals surface area contributed by atoms with E-state index in [2.05, 4.69) is 56.2 Å². The van der Waals surface area contributed by atoms with E-state index in [1.165, 1.54) is 17.3 Å². The van der Waals surface area contributed by atoms with Crippen LogP contribution in [0.1, 0.15) is 36.4 Å². The number of ether oxygens (including phenoxy) is 1. The van der Waals surface area contributed by atoms with Crippen LogP contribution in [-0.2, 0) is 4.79 Å². The molecule has 166 valence electrons. The molecule has 5 rings (SSSR count). The van der Waals surface area contributed by atoms with Crippen LogP contribution >= 0.6 is 11.8 Å². The minimum Gasteiger partial charge on any atom is -0.493 e. The third-order valence-corrected chi connectivity index (χ3v) is 6.85. The number of fused-ring (bicyclic) bond motifs is 1. The number of amides is 1. The van der Waals surface area contributed by atoms with Gasteiger partial charge in [0.15, 0.2) is 5.16 Å². The second-order valence-electron chi connectivity index (χ2n) is 8.23. The zero-order valence-electron chi connectivity index (χ0n) is 18.2. The van der Waals surface area contributed by atoms with Crippen molar-refractivity contribution in [3.8, 4) is 11.4 Å². The van der Waals surface area contributed by atoms with E-state index in [0.29, 0.717) is 6.61 Å². The second-order valence-corrected chi connectivity index (χ2v) is 9.17. The maximum Gasteiger partial charge on any atom is 0.232 e. The van der Waals surface area contributed by atoms with Crippen molar-refractivity contribution < 1.29 is 9.53 Å². The summed E-state index contributed by atoms with van der Waals surface area (Å²) < 4.78 is 7.78. The summed E-state index contributed by atoms with van der Waals surface area (Å²) >= 11 is 1.42. The van der Waals surface area contributed by atoms with Gasteiger partial charge in [-0.2, -0.15) is 0 Å². The van der Waals surface area contributed by atoms with Crippen LogP contribution in [0.15, 0.2) is 53.7 Å². The molecule has 1 saturated heterocycles. The Morgan fingerprint density at radius 3 is 2.72 bits per heavy atom. The Morgan fingerprint density at radius 1 is 1.12 bits per heavy atom. The quantitative estimate of drug-likeness (QED) is 0.576. The number of aryl methyl sites for hydroxylation is 1. The van der Waals surface area contributed by atoms with E-state index in [9.17, 15) is 4.79 Å². The van der Waals surface area contributed by atoms with Crippen molar-refractivity contribution in [1.29, 1.82) is 0 Å². The van der Waals surface area contributed by atoms with Crippen molar-refractivity contribution in [3.63, 3.8) is 0 Å². The minimum absolute atomic E-state index is 0.0159. The second kappa shape index (κ2) is 9.24. The maximum atomic E-state index is 12.8. The summed E-state index contributed by atoms with van der Waals surface area (Å²) in [6.07, 6.45) is 3.10. The van der Waals surface area contributed by atoms with E-state index in [0.717, 1.165) is 60.5 Å². The summed E-state index contributed by atoms with van der Waals surface area (Å²) in [5, 5.41) is 12.8. The number of benzene rings is 2. The summed E-state index contributed by atoms with van der Waals surface area (Å²) in [7, 11) is 0. The van der Waals surface area contributed by atoms with Crippen molar-refractivity contribution >= 4 is 23.6 Å². The number of aromatic nitrogens is 3. The van der Waals surface area contributed by atoms with Crippen molar-refractivity contribution in [2.45, 2.75) is 37.4 Å². The molecule has 1 N–H and O–H groups in total.